The fourth-order valence-corrected chi connectivity index (χ4v) is 3.46. The zero-order chi connectivity index (χ0) is 17.8. The van der Waals surface area contributed by atoms with E-state index < -0.39 is 0 Å². The summed E-state index contributed by atoms with van der Waals surface area (Å²) >= 11 is 0. The first-order valence-electron chi connectivity index (χ1n) is 8.62. The Hall–Kier alpha value is -2.50. The summed E-state index contributed by atoms with van der Waals surface area (Å²) in [5.74, 6) is 1.42. The Morgan fingerprint density at radius 2 is 2.12 bits per heavy atom. The van der Waals surface area contributed by atoms with Gasteiger partial charge < -0.3 is 19.7 Å². The van der Waals surface area contributed by atoms with E-state index in [4.69, 9.17) is 9.47 Å². The number of piperidine rings is 1. The Morgan fingerprint density at radius 1 is 1.36 bits per heavy atom. The van der Waals surface area contributed by atoms with Crippen LogP contribution in [-0.2, 0) is 16.0 Å². The highest BCUT2D eigenvalue weighted by Gasteiger charge is 2.29. The van der Waals surface area contributed by atoms with Gasteiger partial charge in [0, 0.05) is 24.6 Å². The van der Waals surface area contributed by atoms with Gasteiger partial charge in [-0.3, -0.25) is 9.59 Å². The SMILES string of the molecule is C=CC(=O)N1CCC(C(=O)NC2COc3c(cccc3OC)C2)CC1. The van der Waals surface area contributed by atoms with E-state index in [0.29, 0.717) is 32.5 Å². The van der Waals surface area contributed by atoms with E-state index in [-0.39, 0.29) is 23.8 Å². The number of methoxy groups -OCH3 is 1. The van der Waals surface area contributed by atoms with E-state index in [9.17, 15) is 9.59 Å². The van der Waals surface area contributed by atoms with Crippen molar-refractivity contribution >= 4 is 11.8 Å². The number of nitrogens with one attached hydrogen (secondary N) is 1. The molecule has 0 aliphatic carbocycles. The number of carbonyl (C=O) groups is 2. The molecule has 2 heterocycles. The fraction of sp³-hybridized carbons (Fsp3) is 0.474. The number of hydrogen-bond donors (Lipinski definition) is 1. The zero-order valence-corrected chi connectivity index (χ0v) is 14.5. The van der Waals surface area contributed by atoms with Crippen molar-refractivity contribution in [1.29, 1.82) is 0 Å². The third-order valence-electron chi connectivity index (χ3n) is 4.87. The molecule has 134 valence electrons. The molecule has 1 aromatic rings. The average Bonchev–Trinajstić information content (AvgIpc) is 2.66. The van der Waals surface area contributed by atoms with E-state index in [1.54, 1.807) is 12.0 Å². The van der Waals surface area contributed by atoms with Crippen molar-refractivity contribution in [2.24, 2.45) is 5.92 Å². The number of benzene rings is 1. The molecule has 0 bridgehead atoms. The maximum absolute atomic E-state index is 12.5. The minimum Gasteiger partial charge on any atom is -0.493 e. The first kappa shape index (κ1) is 17.3. The number of hydrogen-bond acceptors (Lipinski definition) is 4. The smallest absolute Gasteiger partial charge is 0.245 e. The number of fused-ring (bicyclic) bond motifs is 1. The van der Waals surface area contributed by atoms with Crippen LogP contribution in [0.5, 0.6) is 11.5 Å². The van der Waals surface area contributed by atoms with Crippen molar-refractivity contribution < 1.29 is 19.1 Å². The van der Waals surface area contributed by atoms with Gasteiger partial charge in [-0.05, 0) is 31.4 Å². The number of rotatable bonds is 4. The van der Waals surface area contributed by atoms with Crippen molar-refractivity contribution in [3.8, 4) is 11.5 Å². The van der Waals surface area contributed by atoms with Crippen LogP contribution in [0.15, 0.2) is 30.9 Å². The highest BCUT2D eigenvalue weighted by atomic mass is 16.5. The maximum Gasteiger partial charge on any atom is 0.245 e. The molecular weight excluding hydrogens is 320 g/mol. The van der Waals surface area contributed by atoms with E-state index >= 15 is 0 Å². The third-order valence-corrected chi connectivity index (χ3v) is 4.87. The second kappa shape index (κ2) is 7.59. The predicted molar refractivity (Wildman–Crippen MR) is 93.6 cm³/mol. The summed E-state index contributed by atoms with van der Waals surface area (Å²) in [5.41, 5.74) is 1.04. The topological polar surface area (TPSA) is 67.9 Å². The van der Waals surface area contributed by atoms with Crippen LogP contribution in [0, 0.1) is 5.92 Å². The maximum atomic E-state index is 12.5. The number of amides is 2. The van der Waals surface area contributed by atoms with Crippen LogP contribution in [-0.4, -0.2) is 49.6 Å². The minimum absolute atomic E-state index is 0.0417. The molecule has 6 heteroatoms. The first-order chi connectivity index (χ1) is 12.1. The summed E-state index contributed by atoms with van der Waals surface area (Å²) in [7, 11) is 1.62. The van der Waals surface area contributed by atoms with Gasteiger partial charge in [0.05, 0.1) is 13.2 Å². The molecular formula is C19H24N2O4. The lowest BCUT2D eigenvalue weighted by atomic mass is 9.94. The van der Waals surface area contributed by atoms with E-state index in [1.807, 2.05) is 18.2 Å². The summed E-state index contributed by atoms with van der Waals surface area (Å²) in [6.45, 7) is 5.14. The number of para-hydroxylation sites is 1. The quantitative estimate of drug-likeness (QED) is 0.842. The van der Waals surface area contributed by atoms with Gasteiger partial charge in [-0.2, -0.15) is 0 Å². The summed E-state index contributed by atoms with van der Waals surface area (Å²) in [6.07, 6.45) is 3.42. The molecule has 2 amide bonds. The molecule has 1 fully saturated rings. The van der Waals surface area contributed by atoms with Crippen LogP contribution in [0.1, 0.15) is 18.4 Å². The lowest BCUT2D eigenvalue weighted by Gasteiger charge is -2.32. The molecule has 6 nitrogen and oxygen atoms in total. The molecule has 2 aliphatic heterocycles. The summed E-state index contributed by atoms with van der Waals surface area (Å²) in [4.78, 5) is 25.9. The fourth-order valence-electron chi connectivity index (χ4n) is 3.46. The largest absolute Gasteiger partial charge is 0.493 e. The lowest BCUT2D eigenvalue weighted by molar-refractivity contribution is -0.132. The Labute approximate surface area is 147 Å². The Morgan fingerprint density at radius 3 is 2.80 bits per heavy atom. The van der Waals surface area contributed by atoms with Crippen LogP contribution in [0.25, 0.3) is 0 Å². The van der Waals surface area contributed by atoms with Crippen molar-refractivity contribution in [3.05, 3.63) is 36.4 Å². The van der Waals surface area contributed by atoms with Crippen molar-refractivity contribution in [2.45, 2.75) is 25.3 Å². The van der Waals surface area contributed by atoms with Crippen LogP contribution < -0.4 is 14.8 Å². The monoisotopic (exact) mass is 344 g/mol. The minimum atomic E-state index is -0.0647. The standard InChI is InChI=1S/C19H24N2O4/c1-3-17(22)21-9-7-13(8-10-21)19(23)20-15-11-14-5-4-6-16(24-2)18(14)25-12-15/h3-6,13,15H,1,7-12H2,2H3,(H,20,23). The summed E-state index contributed by atoms with van der Waals surface area (Å²) in [6, 6.07) is 5.75. The van der Waals surface area contributed by atoms with Crippen LogP contribution in [0.4, 0.5) is 0 Å². The first-order valence-corrected chi connectivity index (χ1v) is 8.62. The van der Waals surface area contributed by atoms with Gasteiger partial charge >= 0.3 is 0 Å². The predicted octanol–water partition coefficient (Wildman–Crippen LogP) is 1.54. The third kappa shape index (κ3) is 3.78. The second-order valence-corrected chi connectivity index (χ2v) is 6.47. The number of carbonyl (C=O) groups excluding carboxylic acids is 2. The lowest BCUT2D eigenvalue weighted by Crippen LogP contribution is -2.48. The van der Waals surface area contributed by atoms with Gasteiger partial charge in [0.1, 0.15) is 6.61 Å². The number of nitrogens with zero attached hydrogens (tertiary/aromatic N) is 1. The van der Waals surface area contributed by atoms with Gasteiger partial charge in [0.15, 0.2) is 11.5 Å². The van der Waals surface area contributed by atoms with E-state index in [0.717, 1.165) is 23.5 Å². The number of likely N-dealkylation sites (tertiary alicyclic amines) is 1. The highest BCUT2D eigenvalue weighted by Crippen LogP contribution is 2.34. The number of ether oxygens (including phenoxy) is 2. The second-order valence-electron chi connectivity index (χ2n) is 6.47. The van der Waals surface area contributed by atoms with Gasteiger partial charge in [0.2, 0.25) is 11.8 Å². The molecule has 25 heavy (non-hydrogen) atoms. The molecule has 2 aliphatic rings. The zero-order valence-electron chi connectivity index (χ0n) is 14.5. The van der Waals surface area contributed by atoms with Gasteiger partial charge in [-0.1, -0.05) is 18.7 Å². The van der Waals surface area contributed by atoms with Crippen LogP contribution in [0.2, 0.25) is 0 Å². The molecule has 1 aromatic carbocycles. The summed E-state index contributed by atoms with van der Waals surface area (Å²) in [5, 5.41) is 3.10. The van der Waals surface area contributed by atoms with E-state index in [1.165, 1.54) is 6.08 Å². The molecule has 1 atom stereocenters. The Bertz CT molecular complexity index is 665. The van der Waals surface area contributed by atoms with Crippen molar-refractivity contribution in [1.82, 2.24) is 10.2 Å². The molecule has 0 saturated carbocycles. The van der Waals surface area contributed by atoms with Gasteiger partial charge in [0.25, 0.3) is 0 Å². The molecule has 0 spiro atoms. The van der Waals surface area contributed by atoms with Crippen molar-refractivity contribution in [2.75, 3.05) is 26.8 Å². The Kier molecular flexibility index (Phi) is 5.26. The molecule has 1 unspecified atom stereocenters. The molecule has 3 rings (SSSR count). The highest BCUT2D eigenvalue weighted by molar-refractivity contribution is 5.87. The van der Waals surface area contributed by atoms with Gasteiger partial charge in [-0.15, -0.1) is 0 Å². The van der Waals surface area contributed by atoms with Crippen LogP contribution in [0.3, 0.4) is 0 Å². The van der Waals surface area contributed by atoms with E-state index in [2.05, 4.69) is 11.9 Å². The molecule has 1 saturated heterocycles. The summed E-state index contributed by atoms with van der Waals surface area (Å²) < 4.78 is 11.1. The van der Waals surface area contributed by atoms with Gasteiger partial charge in [-0.25, -0.2) is 0 Å². The van der Waals surface area contributed by atoms with Crippen LogP contribution >= 0.6 is 0 Å². The normalized spacial score (nSPS) is 20.2. The van der Waals surface area contributed by atoms with Crippen molar-refractivity contribution in [3.63, 3.8) is 0 Å². The Balaban J connectivity index is 1.54. The molecule has 0 aromatic heterocycles. The molecule has 1 N–H and O–H groups in total. The molecule has 0 radical (unpaired) electrons. The average molecular weight is 344 g/mol.